The number of hydrogen-bond donors (Lipinski definition) is 1. The van der Waals surface area contributed by atoms with Crippen molar-refractivity contribution in [2.45, 2.75) is 19.1 Å². The molecule has 1 aromatic carbocycles. The van der Waals surface area contributed by atoms with Gasteiger partial charge >= 0.3 is 0 Å². The third-order valence-electron chi connectivity index (χ3n) is 2.40. The molecule has 0 aromatic heterocycles. The Morgan fingerprint density at radius 1 is 1.31 bits per heavy atom. The van der Waals surface area contributed by atoms with Gasteiger partial charge in [0.1, 0.15) is 0 Å². The molecule has 1 aromatic rings. The Bertz CT molecular complexity index is 252. The molecule has 1 aliphatic rings. The lowest BCUT2D eigenvalue weighted by molar-refractivity contribution is 0.0149. The Hall–Kier alpha value is -0.860. The van der Waals surface area contributed by atoms with Gasteiger partial charge in [-0.2, -0.15) is 0 Å². The Balaban J connectivity index is 2.03. The Labute approximate surface area is 78.9 Å². The molecule has 1 saturated heterocycles. The van der Waals surface area contributed by atoms with Crippen LogP contribution in [0.5, 0.6) is 0 Å². The first kappa shape index (κ1) is 8.73. The average molecular weight is 177 g/mol. The van der Waals surface area contributed by atoms with Crippen LogP contribution in [0.1, 0.15) is 18.5 Å². The van der Waals surface area contributed by atoms with Gasteiger partial charge in [-0.15, -0.1) is 0 Å². The molecule has 1 aliphatic heterocycles. The van der Waals surface area contributed by atoms with E-state index in [1.54, 1.807) is 0 Å². The van der Waals surface area contributed by atoms with Crippen molar-refractivity contribution in [2.75, 3.05) is 13.2 Å². The number of rotatable bonds is 1. The molecule has 0 saturated carbocycles. The second-order valence-electron chi connectivity index (χ2n) is 3.52. The van der Waals surface area contributed by atoms with Crippen LogP contribution in [0.2, 0.25) is 0 Å². The first-order valence-electron chi connectivity index (χ1n) is 4.76. The summed E-state index contributed by atoms with van der Waals surface area (Å²) < 4.78 is 5.58. The molecule has 2 heteroatoms. The van der Waals surface area contributed by atoms with Gasteiger partial charge in [0.25, 0.3) is 0 Å². The van der Waals surface area contributed by atoms with E-state index in [9.17, 15) is 0 Å². The van der Waals surface area contributed by atoms with Crippen LogP contribution in [0.4, 0.5) is 0 Å². The first-order chi connectivity index (χ1) is 6.36. The van der Waals surface area contributed by atoms with Crippen molar-refractivity contribution in [1.82, 2.24) is 5.32 Å². The van der Waals surface area contributed by atoms with Crippen LogP contribution < -0.4 is 5.32 Å². The number of hydrogen-bond acceptors (Lipinski definition) is 2. The summed E-state index contributed by atoms with van der Waals surface area (Å²) in [4.78, 5) is 0. The molecule has 0 spiro atoms. The zero-order valence-corrected chi connectivity index (χ0v) is 7.86. The lowest BCUT2D eigenvalue weighted by Crippen LogP contribution is -2.39. The highest BCUT2D eigenvalue weighted by atomic mass is 16.5. The molecule has 1 fully saturated rings. The van der Waals surface area contributed by atoms with Crippen molar-refractivity contribution >= 4 is 0 Å². The summed E-state index contributed by atoms with van der Waals surface area (Å²) in [5.74, 6) is 0. The smallest absolute Gasteiger partial charge is 0.0672 e. The molecule has 2 atom stereocenters. The van der Waals surface area contributed by atoms with E-state index in [0.717, 1.165) is 13.2 Å². The number of ether oxygens (including phenoxy) is 1. The fraction of sp³-hybridized carbons (Fsp3) is 0.455. The molecule has 0 amide bonds. The van der Waals surface area contributed by atoms with E-state index in [1.807, 2.05) is 6.07 Å². The standard InChI is InChI=1S/C11H15NO/c1-9-7-12-11(8-13-9)10-5-3-2-4-6-10/h2-6,9,11-12H,7-8H2,1H3/t9-,11-/m1/s1. The number of nitrogens with one attached hydrogen (secondary N) is 1. The van der Waals surface area contributed by atoms with Gasteiger partial charge in [-0.05, 0) is 12.5 Å². The van der Waals surface area contributed by atoms with E-state index in [2.05, 4.69) is 36.5 Å². The summed E-state index contributed by atoms with van der Waals surface area (Å²) in [5.41, 5.74) is 1.31. The summed E-state index contributed by atoms with van der Waals surface area (Å²) in [5, 5.41) is 3.46. The quantitative estimate of drug-likeness (QED) is 0.705. The first-order valence-corrected chi connectivity index (χ1v) is 4.76. The highest BCUT2D eigenvalue weighted by Crippen LogP contribution is 2.16. The summed E-state index contributed by atoms with van der Waals surface area (Å²) in [7, 11) is 0. The summed E-state index contributed by atoms with van der Waals surface area (Å²) in [6.07, 6.45) is 0.347. The Morgan fingerprint density at radius 2 is 2.08 bits per heavy atom. The topological polar surface area (TPSA) is 21.3 Å². The van der Waals surface area contributed by atoms with Crippen molar-refractivity contribution in [2.24, 2.45) is 0 Å². The molecule has 1 heterocycles. The van der Waals surface area contributed by atoms with Gasteiger partial charge in [0.05, 0.1) is 18.8 Å². The summed E-state index contributed by atoms with van der Waals surface area (Å²) in [6, 6.07) is 10.8. The van der Waals surface area contributed by atoms with E-state index in [4.69, 9.17) is 4.74 Å². The molecule has 0 radical (unpaired) electrons. The normalized spacial score (nSPS) is 28.7. The monoisotopic (exact) mass is 177 g/mol. The molecule has 2 nitrogen and oxygen atoms in total. The van der Waals surface area contributed by atoms with Crippen molar-refractivity contribution in [3.05, 3.63) is 35.9 Å². The van der Waals surface area contributed by atoms with Crippen molar-refractivity contribution < 1.29 is 4.74 Å². The van der Waals surface area contributed by atoms with Gasteiger partial charge in [0, 0.05) is 6.54 Å². The zero-order valence-electron chi connectivity index (χ0n) is 7.86. The fourth-order valence-electron chi connectivity index (χ4n) is 1.59. The predicted molar refractivity (Wildman–Crippen MR) is 52.6 cm³/mol. The van der Waals surface area contributed by atoms with Crippen molar-refractivity contribution in [3.63, 3.8) is 0 Å². The van der Waals surface area contributed by atoms with Crippen LogP contribution in [0.25, 0.3) is 0 Å². The van der Waals surface area contributed by atoms with Gasteiger partial charge in [0.15, 0.2) is 0 Å². The van der Waals surface area contributed by atoms with E-state index >= 15 is 0 Å². The molecule has 70 valence electrons. The van der Waals surface area contributed by atoms with Crippen molar-refractivity contribution in [1.29, 1.82) is 0 Å². The third-order valence-corrected chi connectivity index (χ3v) is 2.40. The van der Waals surface area contributed by atoms with E-state index in [-0.39, 0.29) is 0 Å². The average Bonchev–Trinajstić information content (AvgIpc) is 2.20. The molecule has 13 heavy (non-hydrogen) atoms. The SMILES string of the molecule is C[C@@H]1CN[C@@H](c2ccccc2)CO1. The van der Waals surface area contributed by atoms with Crippen LogP contribution in [0, 0.1) is 0 Å². The second kappa shape index (κ2) is 3.90. The molecular formula is C11H15NO. The van der Waals surface area contributed by atoms with Crippen molar-refractivity contribution in [3.8, 4) is 0 Å². The van der Waals surface area contributed by atoms with Gasteiger partial charge in [-0.25, -0.2) is 0 Å². The molecule has 2 rings (SSSR count). The predicted octanol–water partition coefficient (Wildman–Crippen LogP) is 1.74. The molecule has 0 bridgehead atoms. The van der Waals surface area contributed by atoms with Gasteiger partial charge < -0.3 is 10.1 Å². The highest BCUT2D eigenvalue weighted by molar-refractivity contribution is 5.19. The molecule has 0 unspecified atom stereocenters. The van der Waals surface area contributed by atoms with Crippen LogP contribution in [-0.2, 0) is 4.74 Å². The van der Waals surface area contributed by atoms with E-state index in [0.29, 0.717) is 12.1 Å². The number of morpholine rings is 1. The minimum atomic E-state index is 0.347. The van der Waals surface area contributed by atoms with E-state index in [1.165, 1.54) is 5.56 Å². The van der Waals surface area contributed by atoms with Gasteiger partial charge in [0.2, 0.25) is 0 Å². The maximum absolute atomic E-state index is 5.58. The Morgan fingerprint density at radius 3 is 2.69 bits per heavy atom. The maximum Gasteiger partial charge on any atom is 0.0672 e. The fourth-order valence-corrected chi connectivity index (χ4v) is 1.59. The van der Waals surface area contributed by atoms with E-state index < -0.39 is 0 Å². The largest absolute Gasteiger partial charge is 0.375 e. The van der Waals surface area contributed by atoms with Crippen LogP contribution in [-0.4, -0.2) is 19.3 Å². The summed E-state index contributed by atoms with van der Waals surface area (Å²) in [6.45, 7) is 3.82. The lowest BCUT2D eigenvalue weighted by atomic mass is 10.1. The lowest BCUT2D eigenvalue weighted by Gasteiger charge is -2.28. The zero-order chi connectivity index (χ0) is 9.10. The maximum atomic E-state index is 5.58. The Kier molecular flexibility index (Phi) is 2.62. The minimum absolute atomic E-state index is 0.347. The second-order valence-corrected chi connectivity index (χ2v) is 3.52. The minimum Gasteiger partial charge on any atom is -0.375 e. The van der Waals surface area contributed by atoms with Crippen LogP contribution in [0.15, 0.2) is 30.3 Å². The third kappa shape index (κ3) is 2.08. The highest BCUT2D eigenvalue weighted by Gasteiger charge is 2.18. The molecule has 1 N–H and O–H groups in total. The summed E-state index contributed by atoms with van der Waals surface area (Å²) >= 11 is 0. The van der Waals surface area contributed by atoms with Crippen LogP contribution >= 0.6 is 0 Å². The molecular weight excluding hydrogens is 162 g/mol. The van der Waals surface area contributed by atoms with Crippen LogP contribution in [0.3, 0.4) is 0 Å². The van der Waals surface area contributed by atoms with Gasteiger partial charge in [-0.3, -0.25) is 0 Å². The number of benzene rings is 1. The molecule has 0 aliphatic carbocycles. The van der Waals surface area contributed by atoms with Gasteiger partial charge in [-0.1, -0.05) is 30.3 Å².